The summed E-state index contributed by atoms with van der Waals surface area (Å²) in [5.74, 6) is 5.50. The lowest BCUT2D eigenvalue weighted by molar-refractivity contribution is -0.0573. The molecular formula is C39H70O. The Kier molecular flexibility index (Phi) is 12.6. The van der Waals surface area contributed by atoms with Crippen molar-refractivity contribution in [3.8, 4) is 0 Å². The molecule has 4 rings (SSSR count). The van der Waals surface area contributed by atoms with E-state index in [4.69, 9.17) is 0 Å². The number of unbranched alkanes of at least 4 members (excludes halogenated alkanes) is 10. The lowest BCUT2D eigenvalue weighted by Gasteiger charge is -2.58. The highest BCUT2D eigenvalue weighted by molar-refractivity contribution is 5.25. The Balaban J connectivity index is 1.12. The first-order valence-corrected chi connectivity index (χ1v) is 18.7. The molecule has 3 fully saturated rings. The van der Waals surface area contributed by atoms with Gasteiger partial charge in [0.2, 0.25) is 0 Å². The van der Waals surface area contributed by atoms with Crippen LogP contribution in [0.2, 0.25) is 0 Å². The van der Waals surface area contributed by atoms with Gasteiger partial charge in [0.25, 0.3) is 0 Å². The van der Waals surface area contributed by atoms with E-state index in [2.05, 4.69) is 40.7 Å². The standard InChI is InChI=1S/C39H70O/c1-6-7-8-9-10-11-12-13-14-15-16-18-30(2)19-17-20-31(3)35-23-24-36-34-22-21-32-29-33(40)25-27-38(32,4)37(34)26-28-39(35,36)5/h21,30-31,33-37,40H,6-20,22-29H2,1-5H3/t30?,31-,33+,34+,35-,36+,37+,38+,39-/m1/s1. The van der Waals surface area contributed by atoms with Gasteiger partial charge in [-0.1, -0.05) is 143 Å². The number of hydrogen-bond acceptors (Lipinski definition) is 1. The summed E-state index contributed by atoms with van der Waals surface area (Å²) >= 11 is 0. The van der Waals surface area contributed by atoms with E-state index in [1.807, 2.05) is 0 Å². The van der Waals surface area contributed by atoms with Crippen LogP contribution < -0.4 is 0 Å². The van der Waals surface area contributed by atoms with Crippen molar-refractivity contribution in [3.05, 3.63) is 11.6 Å². The van der Waals surface area contributed by atoms with Gasteiger partial charge in [-0.05, 0) is 97.7 Å². The van der Waals surface area contributed by atoms with Crippen LogP contribution in [0.5, 0.6) is 0 Å². The summed E-state index contributed by atoms with van der Waals surface area (Å²) in [6.45, 7) is 12.8. The molecule has 1 unspecified atom stereocenters. The largest absolute Gasteiger partial charge is 0.393 e. The lowest BCUT2D eigenvalue weighted by Crippen LogP contribution is -2.50. The summed E-state index contributed by atoms with van der Waals surface area (Å²) in [4.78, 5) is 0. The molecule has 1 heteroatoms. The van der Waals surface area contributed by atoms with Crippen LogP contribution in [0.1, 0.15) is 182 Å². The van der Waals surface area contributed by atoms with Crippen molar-refractivity contribution in [2.24, 2.45) is 46.3 Å². The Hall–Kier alpha value is -0.300. The van der Waals surface area contributed by atoms with E-state index in [0.717, 1.165) is 48.3 Å². The van der Waals surface area contributed by atoms with Gasteiger partial charge in [0.05, 0.1) is 6.10 Å². The molecule has 0 amide bonds. The minimum atomic E-state index is -0.0797. The molecule has 9 atom stereocenters. The quantitative estimate of drug-likeness (QED) is 0.140. The molecule has 0 heterocycles. The summed E-state index contributed by atoms with van der Waals surface area (Å²) < 4.78 is 0. The van der Waals surface area contributed by atoms with Crippen LogP contribution in [-0.2, 0) is 0 Å². The highest BCUT2D eigenvalue weighted by atomic mass is 16.3. The zero-order valence-electron chi connectivity index (χ0n) is 27.8. The van der Waals surface area contributed by atoms with Gasteiger partial charge in [0.15, 0.2) is 0 Å². The molecule has 0 radical (unpaired) electrons. The highest BCUT2D eigenvalue weighted by Crippen LogP contribution is 2.67. The molecule has 1 nitrogen and oxygen atoms in total. The third-order valence-corrected chi connectivity index (χ3v) is 13.5. The topological polar surface area (TPSA) is 20.2 Å². The maximum Gasteiger partial charge on any atom is 0.0577 e. The van der Waals surface area contributed by atoms with Crippen LogP contribution in [0.15, 0.2) is 11.6 Å². The molecule has 4 aliphatic carbocycles. The summed E-state index contributed by atoms with van der Waals surface area (Å²) in [7, 11) is 0. The molecule has 0 aromatic rings. The van der Waals surface area contributed by atoms with Gasteiger partial charge in [-0.2, -0.15) is 0 Å². The minimum absolute atomic E-state index is 0.0797. The predicted octanol–water partition coefficient (Wildman–Crippen LogP) is 12.1. The first-order chi connectivity index (χ1) is 19.3. The van der Waals surface area contributed by atoms with Crippen molar-refractivity contribution in [1.82, 2.24) is 0 Å². The summed E-state index contributed by atoms with van der Waals surface area (Å²) in [6, 6.07) is 0. The van der Waals surface area contributed by atoms with Gasteiger partial charge in [0.1, 0.15) is 0 Å². The third kappa shape index (κ3) is 7.80. The molecule has 40 heavy (non-hydrogen) atoms. The maximum absolute atomic E-state index is 10.3. The summed E-state index contributed by atoms with van der Waals surface area (Å²) in [5, 5.41) is 10.3. The molecule has 232 valence electrons. The first kappa shape index (κ1) is 32.6. The fraction of sp³-hybridized carbons (Fsp3) is 0.949. The normalized spacial score (nSPS) is 36.9. The Bertz CT molecular complexity index is 769. The molecule has 3 saturated carbocycles. The van der Waals surface area contributed by atoms with Crippen LogP contribution in [0.3, 0.4) is 0 Å². The van der Waals surface area contributed by atoms with Gasteiger partial charge in [-0.25, -0.2) is 0 Å². The van der Waals surface area contributed by atoms with Crippen molar-refractivity contribution in [3.63, 3.8) is 0 Å². The molecule has 0 aromatic carbocycles. The Morgan fingerprint density at radius 2 is 1.40 bits per heavy atom. The molecule has 0 saturated heterocycles. The number of hydrogen-bond donors (Lipinski definition) is 1. The average molecular weight is 555 g/mol. The van der Waals surface area contributed by atoms with Gasteiger partial charge in [0, 0.05) is 0 Å². The van der Waals surface area contributed by atoms with Crippen molar-refractivity contribution in [2.75, 3.05) is 0 Å². The second-order valence-corrected chi connectivity index (χ2v) is 16.2. The van der Waals surface area contributed by atoms with Gasteiger partial charge in [-0.15, -0.1) is 0 Å². The van der Waals surface area contributed by atoms with E-state index in [0.29, 0.717) is 10.8 Å². The summed E-state index contributed by atoms with van der Waals surface area (Å²) in [6.07, 6.45) is 34.8. The SMILES string of the molecule is CCCCCCCCCCCCCC(C)CCC[C@@H](C)[C@H]1CC[C@H]2[C@@H]3CC=C4C[C@@H](O)CC[C@]4(C)[C@H]3CC[C@]12C. The smallest absolute Gasteiger partial charge is 0.0577 e. The predicted molar refractivity (Wildman–Crippen MR) is 174 cm³/mol. The van der Waals surface area contributed by atoms with Gasteiger partial charge in [-0.3, -0.25) is 0 Å². The van der Waals surface area contributed by atoms with Crippen molar-refractivity contribution in [1.29, 1.82) is 0 Å². The van der Waals surface area contributed by atoms with E-state index < -0.39 is 0 Å². The van der Waals surface area contributed by atoms with Crippen LogP contribution >= 0.6 is 0 Å². The Morgan fingerprint density at radius 3 is 2.10 bits per heavy atom. The Morgan fingerprint density at radius 1 is 0.750 bits per heavy atom. The third-order valence-electron chi connectivity index (χ3n) is 13.5. The second kappa shape index (κ2) is 15.4. The number of fused-ring (bicyclic) bond motifs is 5. The molecule has 0 spiro atoms. The van der Waals surface area contributed by atoms with Crippen LogP contribution in [0.25, 0.3) is 0 Å². The van der Waals surface area contributed by atoms with E-state index in [1.54, 1.807) is 5.57 Å². The first-order valence-electron chi connectivity index (χ1n) is 18.7. The van der Waals surface area contributed by atoms with E-state index in [-0.39, 0.29) is 6.10 Å². The average Bonchev–Trinajstić information content (AvgIpc) is 3.29. The van der Waals surface area contributed by atoms with Crippen molar-refractivity contribution >= 4 is 0 Å². The molecular weight excluding hydrogens is 484 g/mol. The fourth-order valence-corrected chi connectivity index (χ4v) is 10.9. The molecule has 1 N–H and O–H groups in total. The zero-order valence-corrected chi connectivity index (χ0v) is 27.8. The van der Waals surface area contributed by atoms with E-state index in [9.17, 15) is 5.11 Å². The molecule has 0 bridgehead atoms. The minimum Gasteiger partial charge on any atom is -0.393 e. The zero-order chi connectivity index (χ0) is 28.6. The number of allylic oxidation sites excluding steroid dienone is 1. The van der Waals surface area contributed by atoms with Crippen molar-refractivity contribution < 1.29 is 5.11 Å². The van der Waals surface area contributed by atoms with Crippen LogP contribution in [0, 0.1) is 46.3 Å². The number of aliphatic hydroxyl groups excluding tert-OH is 1. The van der Waals surface area contributed by atoms with E-state index in [1.165, 1.54) is 135 Å². The maximum atomic E-state index is 10.3. The monoisotopic (exact) mass is 555 g/mol. The Labute approximate surface area is 251 Å². The van der Waals surface area contributed by atoms with Gasteiger partial charge >= 0.3 is 0 Å². The number of rotatable bonds is 17. The molecule has 4 aliphatic rings. The summed E-state index contributed by atoms with van der Waals surface area (Å²) in [5.41, 5.74) is 2.59. The van der Waals surface area contributed by atoms with Crippen LogP contribution in [0.4, 0.5) is 0 Å². The highest BCUT2D eigenvalue weighted by Gasteiger charge is 2.59. The number of aliphatic hydroxyl groups is 1. The van der Waals surface area contributed by atoms with Crippen LogP contribution in [-0.4, -0.2) is 11.2 Å². The van der Waals surface area contributed by atoms with Crippen molar-refractivity contribution in [2.45, 2.75) is 188 Å². The van der Waals surface area contributed by atoms with Gasteiger partial charge < -0.3 is 5.11 Å². The fourth-order valence-electron chi connectivity index (χ4n) is 10.9. The second-order valence-electron chi connectivity index (χ2n) is 16.2. The molecule has 0 aromatic heterocycles. The molecule has 0 aliphatic heterocycles. The lowest BCUT2D eigenvalue weighted by atomic mass is 9.47. The van der Waals surface area contributed by atoms with E-state index >= 15 is 0 Å².